The van der Waals surface area contributed by atoms with Gasteiger partial charge in [-0.2, -0.15) is 4.31 Å². The standard InChI is InChI=1S/C31H36FN3O6S/c1-21(2)28(29(36)34(3)4)40-30(37)27(33)18-22-9-8-12-26(17-22)42(38,39)35-19-31(20-35,23-13-15-24(32)16-14-23)41-25-10-6-5-7-11-25/h5-17,21,27-28H,18-20,33H2,1-4H3/t27-,28?/m0/s1/i5D,6D,7D,10D,11D. The van der Waals surface area contributed by atoms with Crippen molar-refractivity contribution in [2.75, 3.05) is 27.2 Å². The number of esters is 1. The number of halogens is 1. The number of hydrogen-bond acceptors (Lipinski definition) is 7. The summed E-state index contributed by atoms with van der Waals surface area (Å²) in [5, 5.41) is 0. The molecule has 1 saturated heterocycles. The van der Waals surface area contributed by atoms with Crippen molar-refractivity contribution in [2.24, 2.45) is 11.7 Å². The zero-order chi connectivity index (χ0) is 35.0. The van der Waals surface area contributed by atoms with E-state index in [-0.39, 0.29) is 30.3 Å². The topological polar surface area (TPSA) is 119 Å². The minimum absolute atomic E-state index is 0.0821. The van der Waals surface area contributed by atoms with Crippen molar-refractivity contribution < 1.29 is 38.7 Å². The third-order valence-electron chi connectivity index (χ3n) is 6.84. The summed E-state index contributed by atoms with van der Waals surface area (Å²) in [7, 11) is -1.09. The smallest absolute Gasteiger partial charge is 0.324 e. The molecule has 0 bridgehead atoms. The summed E-state index contributed by atoms with van der Waals surface area (Å²) < 4.78 is 94.2. The number of carbonyl (C=O) groups is 2. The predicted octanol–water partition coefficient (Wildman–Crippen LogP) is 3.33. The normalized spacial score (nSPS) is 17.9. The first-order chi connectivity index (χ1) is 21.9. The van der Waals surface area contributed by atoms with Crippen molar-refractivity contribution in [1.29, 1.82) is 0 Å². The third-order valence-corrected chi connectivity index (χ3v) is 8.62. The number of amides is 1. The van der Waals surface area contributed by atoms with Crippen LogP contribution in [0.2, 0.25) is 0 Å². The lowest BCUT2D eigenvalue weighted by molar-refractivity contribution is -0.163. The lowest BCUT2D eigenvalue weighted by Gasteiger charge is -2.48. The maximum Gasteiger partial charge on any atom is 0.324 e. The van der Waals surface area contributed by atoms with Crippen molar-refractivity contribution in [1.82, 2.24) is 9.21 Å². The highest BCUT2D eigenvalue weighted by Crippen LogP contribution is 2.40. The molecule has 224 valence electrons. The molecule has 0 aromatic heterocycles. The van der Waals surface area contributed by atoms with Gasteiger partial charge in [0.25, 0.3) is 5.91 Å². The molecule has 1 heterocycles. The molecule has 11 heteroatoms. The number of para-hydroxylation sites is 1. The van der Waals surface area contributed by atoms with Gasteiger partial charge in [-0.1, -0.05) is 56.2 Å². The van der Waals surface area contributed by atoms with Crippen molar-refractivity contribution in [3.63, 3.8) is 0 Å². The Morgan fingerprint density at radius 2 is 1.74 bits per heavy atom. The van der Waals surface area contributed by atoms with Gasteiger partial charge in [-0.3, -0.25) is 9.59 Å². The lowest BCUT2D eigenvalue weighted by atomic mass is 9.87. The number of ether oxygens (including phenoxy) is 2. The molecule has 2 atom stereocenters. The van der Waals surface area contributed by atoms with Gasteiger partial charge in [0.2, 0.25) is 10.0 Å². The van der Waals surface area contributed by atoms with Crippen molar-refractivity contribution >= 4 is 21.9 Å². The Kier molecular flexibility index (Phi) is 7.43. The second-order valence-corrected chi connectivity index (χ2v) is 12.6. The third kappa shape index (κ3) is 6.80. The molecule has 1 aliphatic rings. The van der Waals surface area contributed by atoms with Crippen LogP contribution in [0.4, 0.5) is 4.39 Å². The van der Waals surface area contributed by atoms with E-state index < -0.39 is 81.4 Å². The molecule has 2 N–H and O–H groups in total. The van der Waals surface area contributed by atoms with E-state index in [4.69, 9.17) is 22.1 Å². The highest BCUT2D eigenvalue weighted by molar-refractivity contribution is 7.89. The molecule has 3 aromatic rings. The molecule has 1 fully saturated rings. The monoisotopic (exact) mass is 602 g/mol. The van der Waals surface area contributed by atoms with Crippen LogP contribution in [-0.2, 0) is 36.4 Å². The van der Waals surface area contributed by atoms with Crippen molar-refractivity contribution in [3.8, 4) is 5.75 Å². The highest BCUT2D eigenvalue weighted by Gasteiger charge is 2.52. The van der Waals surface area contributed by atoms with Crippen LogP contribution in [-0.4, -0.2) is 68.8 Å². The molecular weight excluding hydrogens is 561 g/mol. The van der Waals surface area contributed by atoms with E-state index in [1.165, 1.54) is 35.2 Å². The Morgan fingerprint density at radius 3 is 2.33 bits per heavy atom. The molecule has 1 aliphatic heterocycles. The summed E-state index contributed by atoms with van der Waals surface area (Å²) in [5.41, 5.74) is 5.34. The molecule has 1 unspecified atom stereocenters. The van der Waals surface area contributed by atoms with Crippen LogP contribution >= 0.6 is 0 Å². The molecule has 0 radical (unpaired) electrons. The van der Waals surface area contributed by atoms with E-state index >= 15 is 0 Å². The van der Waals surface area contributed by atoms with Gasteiger partial charge >= 0.3 is 5.97 Å². The van der Waals surface area contributed by atoms with E-state index in [0.29, 0.717) is 11.1 Å². The SMILES string of the molecule is [2H]c1c([2H])c([2H])c(OC2(c3ccc(F)cc3)CN(S(=O)(=O)c3cccc(C[C@H](N)C(=O)OC(C(=O)N(C)C)C(C)C)c3)C2)c([2H])c1[2H]. The van der Waals surface area contributed by atoms with Crippen molar-refractivity contribution in [3.05, 3.63) is 95.7 Å². The van der Waals surface area contributed by atoms with Crippen LogP contribution in [0.15, 0.2) is 83.6 Å². The second kappa shape index (κ2) is 12.6. The first-order valence-electron chi connectivity index (χ1n) is 15.7. The van der Waals surface area contributed by atoms with Crippen LogP contribution in [0.25, 0.3) is 0 Å². The van der Waals surface area contributed by atoms with E-state index in [1.54, 1.807) is 34.0 Å². The number of benzene rings is 3. The number of rotatable bonds is 11. The molecule has 1 amide bonds. The number of likely N-dealkylation sites (N-methyl/N-ethyl adjacent to an activating group) is 1. The lowest BCUT2D eigenvalue weighted by Crippen LogP contribution is -2.64. The van der Waals surface area contributed by atoms with Gasteiger partial charge in [-0.15, -0.1) is 0 Å². The second-order valence-electron chi connectivity index (χ2n) is 10.6. The Balaban J connectivity index is 1.57. The minimum Gasteiger partial charge on any atom is -0.480 e. The Labute approximate surface area is 253 Å². The molecule has 0 saturated carbocycles. The van der Waals surface area contributed by atoms with Crippen LogP contribution in [0.5, 0.6) is 5.75 Å². The Hall–Kier alpha value is -3.80. The summed E-state index contributed by atoms with van der Waals surface area (Å²) in [6.07, 6.45) is -1.12. The largest absolute Gasteiger partial charge is 0.480 e. The summed E-state index contributed by atoms with van der Waals surface area (Å²) >= 11 is 0. The minimum atomic E-state index is -4.18. The van der Waals surface area contributed by atoms with Crippen LogP contribution in [0.3, 0.4) is 0 Å². The molecule has 42 heavy (non-hydrogen) atoms. The molecule has 9 nitrogen and oxygen atoms in total. The van der Waals surface area contributed by atoms with E-state index in [9.17, 15) is 22.4 Å². The van der Waals surface area contributed by atoms with E-state index in [1.807, 2.05) is 0 Å². The maximum absolute atomic E-state index is 13.8. The van der Waals surface area contributed by atoms with E-state index in [2.05, 4.69) is 0 Å². The van der Waals surface area contributed by atoms with Crippen LogP contribution < -0.4 is 10.5 Å². The molecular formula is C31H36FN3O6S. The Bertz CT molecular complexity index is 1760. The molecule has 0 aliphatic carbocycles. The van der Waals surface area contributed by atoms with Gasteiger partial charge in [0.1, 0.15) is 17.6 Å². The first-order valence-corrected chi connectivity index (χ1v) is 14.6. The summed E-state index contributed by atoms with van der Waals surface area (Å²) in [6, 6.07) is 6.61. The van der Waals surface area contributed by atoms with Gasteiger partial charge in [0.05, 0.1) is 24.8 Å². The average Bonchev–Trinajstić information content (AvgIpc) is 3.00. The van der Waals surface area contributed by atoms with Crippen LogP contribution in [0, 0.1) is 11.7 Å². The van der Waals surface area contributed by atoms with Crippen LogP contribution in [0.1, 0.15) is 31.8 Å². The van der Waals surface area contributed by atoms with E-state index in [0.717, 1.165) is 16.4 Å². The number of sulfonamides is 1. The summed E-state index contributed by atoms with van der Waals surface area (Å²) in [5.74, 6) is -2.54. The van der Waals surface area contributed by atoms with Crippen molar-refractivity contribution in [2.45, 2.75) is 42.9 Å². The fourth-order valence-corrected chi connectivity index (χ4v) is 6.10. The Morgan fingerprint density at radius 1 is 1.10 bits per heavy atom. The summed E-state index contributed by atoms with van der Waals surface area (Å²) in [6.45, 7) is 2.81. The van der Waals surface area contributed by atoms with Gasteiger partial charge in [-0.05, 0) is 59.8 Å². The zero-order valence-electron chi connectivity index (χ0n) is 28.7. The maximum atomic E-state index is 13.8. The molecule has 0 spiro atoms. The van der Waals surface area contributed by atoms with Gasteiger partial charge < -0.3 is 20.1 Å². The average molecular weight is 603 g/mol. The molecule has 4 rings (SSSR count). The highest BCUT2D eigenvalue weighted by atomic mass is 32.2. The number of hydrogen-bond donors (Lipinski definition) is 1. The summed E-state index contributed by atoms with van der Waals surface area (Å²) in [4.78, 5) is 26.4. The first kappa shape index (κ1) is 24.8. The fourth-order valence-electron chi connectivity index (χ4n) is 4.50. The fraction of sp³-hybridized carbons (Fsp3) is 0.355. The number of nitrogens with two attached hydrogens (primary N) is 1. The predicted molar refractivity (Wildman–Crippen MR) is 155 cm³/mol. The van der Waals surface area contributed by atoms with Gasteiger partial charge in [0, 0.05) is 14.1 Å². The number of nitrogens with zero attached hydrogens (tertiary/aromatic N) is 2. The van der Waals surface area contributed by atoms with Gasteiger partial charge in [0.15, 0.2) is 11.7 Å². The molecule has 3 aromatic carbocycles. The zero-order valence-corrected chi connectivity index (χ0v) is 24.5. The number of carbonyl (C=O) groups excluding carboxylic acids is 2. The van der Waals surface area contributed by atoms with Gasteiger partial charge in [-0.25, -0.2) is 12.8 Å². The quantitative estimate of drug-likeness (QED) is 0.335.